The summed E-state index contributed by atoms with van der Waals surface area (Å²) in [5.74, 6) is 0. The highest BCUT2D eigenvalue weighted by atomic mass is 32.2. The Hall–Kier alpha value is -0.910. The van der Waals surface area contributed by atoms with E-state index in [-0.39, 0.29) is 4.90 Å². The van der Waals surface area contributed by atoms with Gasteiger partial charge < -0.3 is 0 Å². The second kappa shape index (κ2) is 2.31. The second-order valence-electron chi connectivity index (χ2n) is 3.14. The molecule has 5 heteroatoms. The van der Waals surface area contributed by atoms with E-state index in [9.17, 15) is 8.42 Å². The first kappa shape index (κ1) is 8.68. The van der Waals surface area contributed by atoms with Crippen molar-refractivity contribution in [3.63, 3.8) is 0 Å². The van der Waals surface area contributed by atoms with Crippen molar-refractivity contribution in [1.29, 1.82) is 0 Å². The van der Waals surface area contributed by atoms with Crippen molar-refractivity contribution in [3.8, 4) is 0 Å². The number of hydrogen-bond acceptors (Lipinski definition) is 4. The van der Waals surface area contributed by atoms with Gasteiger partial charge in [-0.05, 0) is 13.0 Å². The number of rotatable bonds is 0. The number of hydrogen-bond donors (Lipinski definition) is 1. The summed E-state index contributed by atoms with van der Waals surface area (Å²) in [5.41, 5.74) is 4.95. The Morgan fingerprint density at radius 3 is 2.62 bits per heavy atom. The van der Waals surface area contributed by atoms with E-state index in [1.54, 1.807) is 18.2 Å². The van der Waals surface area contributed by atoms with Crippen LogP contribution in [0.5, 0.6) is 0 Å². The van der Waals surface area contributed by atoms with Gasteiger partial charge in [0.05, 0.1) is 0 Å². The Morgan fingerprint density at radius 1 is 1.38 bits per heavy atom. The fourth-order valence-corrected chi connectivity index (χ4v) is 2.83. The average Bonchev–Trinajstić information content (AvgIpc) is 2.20. The molecule has 0 aromatic heterocycles. The van der Waals surface area contributed by atoms with Gasteiger partial charge in [0.1, 0.15) is 4.90 Å². The highest BCUT2D eigenvalue weighted by Gasteiger charge is 2.41. The van der Waals surface area contributed by atoms with Gasteiger partial charge in [-0.2, -0.15) is 8.42 Å². The summed E-state index contributed by atoms with van der Waals surface area (Å²) in [4.78, 5) is 0.167. The Morgan fingerprint density at radius 2 is 2.00 bits per heavy atom. The number of benzene rings is 1. The summed E-state index contributed by atoms with van der Waals surface area (Å²) in [7, 11) is -3.64. The van der Waals surface area contributed by atoms with Gasteiger partial charge in [-0.25, -0.2) is 4.18 Å². The van der Waals surface area contributed by atoms with Crippen molar-refractivity contribution >= 4 is 10.1 Å². The van der Waals surface area contributed by atoms with E-state index in [1.165, 1.54) is 13.0 Å². The monoisotopic (exact) mass is 199 g/mol. The molecule has 0 spiro atoms. The molecule has 0 radical (unpaired) electrons. The van der Waals surface area contributed by atoms with E-state index < -0.39 is 15.8 Å². The molecule has 0 amide bonds. The molecule has 4 nitrogen and oxygen atoms in total. The topological polar surface area (TPSA) is 69.4 Å². The minimum Gasteiger partial charge on any atom is -0.299 e. The van der Waals surface area contributed by atoms with Crippen LogP contribution in [0, 0.1) is 0 Å². The van der Waals surface area contributed by atoms with Gasteiger partial charge in [-0.15, -0.1) is 0 Å². The van der Waals surface area contributed by atoms with Gasteiger partial charge >= 0.3 is 0 Å². The third kappa shape index (κ3) is 1.16. The van der Waals surface area contributed by atoms with Gasteiger partial charge in [0, 0.05) is 5.56 Å². The number of fused-ring (bicyclic) bond motifs is 1. The summed E-state index contributed by atoms with van der Waals surface area (Å²) in [6, 6.07) is 6.51. The first-order valence-electron chi connectivity index (χ1n) is 3.77. The highest BCUT2D eigenvalue weighted by molar-refractivity contribution is 7.87. The van der Waals surface area contributed by atoms with Crippen LogP contribution in [0.1, 0.15) is 12.5 Å². The zero-order valence-corrected chi connectivity index (χ0v) is 7.84. The predicted molar refractivity (Wildman–Crippen MR) is 46.3 cm³/mol. The Labute approximate surface area is 76.4 Å². The highest BCUT2D eigenvalue weighted by Crippen LogP contribution is 2.36. The Balaban J connectivity index is 2.79. The Bertz CT molecular complexity index is 450. The van der Waals surface area contributed by atoms with Crippen LogP contribution in [0.2, 0.25) is 0 Å². The lowest BCUT2D eigenvalue weighted by atomic mass is 10.1. The molecule has 70 valence electrons. The number of nitrogens with two attached hydrogens (primary N) is 1. The molecule has 2 rings (SSSR count). The van der Waals surface area contributed by atoms with Crippen molar-refractivity contribution in [1.82, 2.24) is 0 Å². The molecule has 0 saturated carbocycles. The fraction of sp³-hybridized carbons (Fsp3) is 0.250. The summed E-state index contributed by atoms with van der Waals surface area (Å²) in [6.07, 6.45) is 0. The summed E-state index contributed by atoms with van der Waals surface area (Å²) in [5, 5.41) is 0. The van der Waals surface area contributed by atoms with Crippen LogP contribution in [0.15, 0.2) is 29.2 Å². The van der Waals surface area contributed by atoms with Crippen molar-refractivity contribution < 1.29 is 12.6 Å². The van der Waals surface area contributed by atoms with Crippen molar-refractivity contribution in [2.24, 2.45) is 5.73 Å². The van der Waals surface area contributed by atoms with Crippen LogP contribution < -0.4 is 5.73 Å². The molecule has 1 aromatic rings. The average molecular weight is 199 g/mol. The second-order valence-corrected chi connectivity index (χ2v) is 4.66. The molecule has 1 heterocycles. The first-order chi connectivity index (χ1) is 5.93. The zero-order chi connectivity index (χ0) is 9.69. The molecule has 0 fully saturated rings. The molecule has 1 atom stereocenters. The van der Waals surface area contributed by atoms with Crippen LogP contribution >= 0.6 is 0 Å². The standard InChI is InChI=1S/C8H9NO3S/c1-8(9)6-4-2-3-5-7(6)13(10,11)12-8/h2-5H,9H2,1H3. The van der Waals surface area contributed by atoms with E-state index in [1.807, 2.05) is 0 Å². The quantitative estimate of drug-likeness (QED) is 0.619. The van der Waals surface area contributed by atoms with E-state index in [4.69, 9.17) is 9.92 Å². The van der Waals surface area contributed by atoms with Crippen LogP contribution in [0.3, 0.4) is 0 Å². The summed E-state index contributed by atoms with van der Waals surface area (Å²) >= 11 is 0. The molecule has 0 aliphatic carbocycles. The molecule has 2 N–H and O–H groups in total. The van der Waals surface area contributed by atoms with Crippen LogP contribution in [0.25, 0.3) is 0 Å². The van der Waals surface area contributed by atoms with Gasteiger partial charge in [0.15, 0.2) is 5.72 Å². The third-order valence-corrected chi connectivity index (χ3v) is 3.43. The molecule has 1 aliphatic heterocycles. The lowest BCUT2D eigenvalue weighted by molar-refractivity contribution is 0.118. The third-order valence-electron chi connectivity index (χ3n) is 1.97. The van der Waals surface area contributed by atoms with Gasteiger partial charge in [0.2, 0.25) is 0 Å². The molecule has 0 bridgehead atoms. The molecule has 1 unspecified atom stereocenters. The van der Waals surface area contributed by atoms with Crippen LogP contribution in [-0.4, -0.2) is 8.42 Å². The zero-order valence-electron chi connectivity index (χ0n) is 7.02. The lowest BCUT2D eigenvalue weighted by Crippen LogP contribution is -2.32. The van der Waals surface area contributed by atoms with Crippen LogP contribution in [0.4, 0.5) is 0 Å². The Kier molecular flexibility index (Phi) is 1.54. The molecule has 1 aliphatic rings. The molecule has 1 aromatic carbocycles. The van der Waals surface area contributed by atoms with Gasteiger partial charge in [-0.1, -0.05) is 18.2 Å². The minimum absolute atomic E-state index is 0.167. The molecular formula is C8H9NO3S. The maximum absolute atomic E-state index is 11.4. The molecular weight excluding hydrogens is 190 g/mol. The fourth-order valence-electron chi connectivity index (χ4n) is 1.41. The summed E-state index contributed by atoms with van der Waals surface area (Å²) < 4.78 is 27.5. The van der Waals surface area contributed by atoms with Crippen molar-refractivity contribution in [2.45, 2.75) is 17.5 Å². The molecule has 0 saturated heterocycles. The summed E-state index contributed by atoms with van der Waals surface area (Å²) in [6.45, 7) is 1.52. The van der Waals surface area contributed by atoms with E-state index in [0.717, 1.165) is 0 Å². The van der Waals surface area contributed by atoms with E-state index in [0.29, 0.717) is 5.56 Å². The van der Waals surface area contributed by atoms with E-state index in [2.05, 4.69) is 0 Å². The van der Waals surface area contributed by atoms with Crippen molar-refractivity contribution in [2.75, 3.05) is 0 Å². The predicted octanol–water partition coefficient (Wildman–Crippen LogP) is 0.537. The SMILES string of the molecule is CC1(N)OS(=O)(=O)c2ccccc21. The normalized spacial score (nSPS) is 30.0. The van der Waals surface area contributed by atoms with Crippen molar-refractivity contribution in [3.05, 3.63) is 29.8 Å². The first-order valence-corrected chi connectivity index (χ1v) is 5.18. The van der Waals surface area contributed by atoms with E-state index >= 15 is 0 Å². The van der Waals surface area contributed by atoms with Gasteiger partial charge in [0.25, 0.3) is 10.1 Å². The minimum atomic E-state index is -3.64. The van der Waals surface area contributed by atoms with Crippen LogP contribution in [-0.2, 0) is 20.0 Å². The maximum atomic E-state index is 11.4. The molecule has 13 heavy (non-hydrogen) atoms. The maximum Gasteiger partial charge on any atom is 0.299 e. The largest absolute Gasteiger partial charge is 0.299 e. The lowest BCUT2D eigenvalue weighted by Gasteiger charge is -2.15. The smallest absolute Gasteiger partial charge is 0.299 e. The van der Waals surface area contributed by atoms with Gasteiger partial charge in [-0.3, -0.25) is 5.73 Å².